The number of nitrogens with zero attached hydrogens (tertiary/aromatic N) is 1. The fourth-order valence-corrected chi connectivity index (χ4v) is 2.36. The minimum absolute atomic E-state index is 0.00453. The Bertz CT molecular complexity index is 846. The number of methoxy groups -OCH3 is 2. The van der Waals surface area contributed by atoms with Crippen LogP contribution in [0.25, 0.3) is 0 Å². The van der Waals surface area contributed by atoms with Crippen LogP contribution in [0.2, 0.25) is 0 Å². The van der Waals surface area contributed by atoms with Gasteiger partial charge in [-0.2, -0.15) is 0 Å². The number of para-hydroxylation sites is 2. The Morgan fingerprint density at radius 2 is 1.67 bits per heavy atom. The van der Waals surface area contributed by atoms with Crippen molar-refractivity contribution in [2.75, 3.05) is 20.8 Å². The quantitative estimate of drug-likeness (QED) is 0.649. The van der Waals surface area contributed by atoms with E-state index in [0.717, 1.165) is 0 Å². The Morgan fingerprint density at radius 3 is 2.30 bits per heavy atom. The van der Waals surface area contributed by atoms with Crippen molar-refractivity contribution >= 4 is 12.1 Å². The normalized spacial score (nSPS) is 11.4. The van der Waals surface area contributed by atoms with Crippen LogP contribution in [0.4, 0.5) is 0 Å². The minimum atomic E-state index is -0.639. The molecule has 0 unspecified atom stereocenters. The SMILES string of the molecule is COc1cccc(C=NC(C)(C)CNC(=O)c2cccc(OC)c2O)c1O. The van der Waals surface area contributed by atoms with Crippen molar-refractivity contribution in [1.29, 1.82) is 0 Å². The first kappa shape index (κ1) is 20.1. The summed E-state index contributed by atoms with van der Waals surface area (Å²) in [5, 5.41) is 22.9. The van der Waals surface area contributed by atoms with Gasteiger partial charge in [0.2, 0.25) is 0 Å². The average Bonchev–Trinajstić information content (AvgIpc) is 2.65. The molecule has 0 bridgehead atoms. The number of nitrogens with one attached hydrogen (secondary N) is 1. The van der Waals surface area contributed by atoms with Crippen LogP contribution in [0.1, 0.15) is 29.8 Å². The van der Waals surface area contributed by atoms with Crippen LogP contribution in [0.15, 0.2) is 41.4 Å². The predicted molar refractivity (Wildman–Crippen MR) is 103 cm³/mol. The lowest BCUT2D eigenvalue weighted by molar-refractivity contribution is 0.0943. The van der Waals surface area contributed by atoms with Crippen molar-refractivity contribution in [3.05, 3.63) is 47.5 Å². The van der Waals surface area contributed by atoms with E-state index >= 15 is 0 Å². The van der Waals surface area contributed by atoms with Crippen LogP contribution in [-0.2, 0) is 0 Å². The second-order valence-electron chi connectivity index (χ2n) is 6.51. The van der Waals surface area contributed by atoms with Gasteiger partial charge < -0.3 is 25.0 Å². The number of aliphatic imine (C=N–C) groups is 1. The fraction of sp³-hybridized carbons (Fsp3) is 0.300. The average molecular weight is 372 g/mol. The van der Waals surface area contributed by atoms with Crippen LogP contribution >= 0.6 is 0 Å². The largest absolute Gasteiger partial charge is 0.504 e. The number of hydrogen-bond donors (Lipinski definition) is 3. The molecule has 7 heteroatoms. The summed E-state index contributed by atoms with van der Waals surface area (Å²) in [5.74, 6) is -0.0455. The zero-order valence-electron chi connectivity index (χ0n) is 15.8. The van der Waals surface area contributed by atoms with E-state index in [4.69, 9.17) is 9.47 Å². The summed E-state index contributed by atoms with van der Waals surface area (Å²) in [6.45, 7) is 3.91. The first-order chi connectivity index (χ1) is 12.8. The predicted octanol–water partition coefficient (Wildman–Crippen LogP) is 2.74. The number of phenolic OH excluding ortho intramolecular Hbond substituents is 2. The standard InChI is InChI=1S/C20H24N2O5/c1-20(2,22-11-13-7-5-9-15(26-3)17(13)23)12-21-19(25)14-8-6-10-16(27-4)18(14)24/h5-11,23-24H,12H2,1-4H3,(H,21,25). The number of carbonyl (C=O) groups is 1. The van der Waals surface area contributed by atoms with Crippen molar-refractivity contribution in [3.63, 3.8) is 0 Å². The molecule has 0 radical (unpaired) electrons. The highest BCUT2D eigenvalue weighted by molar-refractivity contribution is 5.97. The molecule has 0 spiro atoms. The van der Waals surface area contributed by atoms with Crippen molar-refractivity contribution in [2.24, 2.45) is 4.99 Å². The van der Waals surface area contributed by atoms with Crippen LogP contribution < -0.4 is 14.8 Å². The Kier molecular flexibility index (Phi) is 6.28. The molecular formula is C20H24N2O5. The van der Waals surface area contributed by atoms with Crippen LogP contribution in [0, 0.1) is 0 Å². The summed E-state index contributed by atoms with van der Waals surface area (Å²) in [6, 6.07) is 9.82. The molecule has 0 aliphatic heterocycles. The van der Waals surface area contributed by atoms with Crippen molar-refractivity contribution < 1.29 is 24.5 Å². The third kappa shape index (κ3) is 4.91. The van der Waals surface area contributed by atoms with Gasteiger partial charge in [0.15, 0.2) is 23.0 Å². The third-order valence-corrected chi connectivity index (χ3v) is 3.95. The molecule has 2 rings (SSSR count). The third-order valence-electron chi connectivity index (χ3n) is 3.95. The Labute approximate surface area is 158 Å². The first-order valence-electron chi connectivity index (χ1n) is 8.34. The second kappa shape index (κ2) is 8.44. The maximum absolute atomic E-state index is 12.4. The summed E-state index contributed by atoms with van der Waals surface area (Å²) in [7, 11) is 2.89. The summed E-state index contributed by atoms with van der Waals surface area (Å²) in [5.41, 5.74) is -0.00148. The number of phenols is 2. The van der Waals surface area contributed by atoms with E-state index in [2.05, 4.69) is 10.3 Å². The summed E-state index contributed by atoms with van der Waals surface area (Å²) < 4.78 is 10.1. The van der Waals surface area contributed by atoms with Crippen LogP contribution in [-0.4, -0.2) is 48.6 Å². The lowest BCUT2D eigenvalue weighted by Gasteiger charge is -2.20. The molecule has 27 heavy (non-hydrogen) atoms. The van der Waals surface area contributed by atoms with Crippen molar-refractivity contribution in [3.8, 4) is 23.0 Å². The summed E-state index contributed by atoms with van der Waals surface area (Å²) in [4.78, 5) is 16.8. The maximum atomic E-state index is 12.4. The highest BCUT2D eigenvalue weighted by atomic mass is 16.5. The van der Waals surface area contributed by atoms with Gasteiger partial charge in [0.1, 0.15) is 0 Å². The van der Waals surface area contributed by atoms with Gasteiger partial charge in [0.05, 0.1) is 25.3 Å². The number of aromatic hydroxyl groups is 2. The molecule has 2 aromatic carbocycles. The van der Waals surface area contributed by atoms with E-state index in [0.29, 0.717) is 11.3 Å². The molecule has 1 amide bonds. The Hall–Kier alpha value is -3.22. The van der Waals surface area contributed by atoms with Gasteiger partial charge in [-0.25, -0.2) is 0 Å². The highest BCUT2D eigenvalue weighted by Gasteiger charge is 2.20. The smallest absolute Gasteiger partial charge is 0.255 e. The van der Waals surface area contributed by atoms with Gasteiger partial charge in [-0.3, -0.25) is 9.79 Å². The molecule has 7 nitrogen and oxygen atoms in total. The molecule has 0 saturated heterocycles. The number of amides is 1. The first-order valence-corrected chi connectivity index (χ1v) is 8.34. The van der Waals surface area contributed by atoms with Gasteiger partial charge in [0, 0.05) is 18.3 Å². The van der Waals surface area contributed by atoms with E-state index in [-0.39, 0.29) is 29.4 Å². The summed E-state index contributed by atoms with van der Waals surface area (Å²) >= 11 is 0. The van der Waals surface area contributed by atoms with E-state index in [9.17, 15) is 15.0 Å². The van der Waals surface area contributed by atoms with Gasteiger partial charge in [-0.15, -0.1) is 0 Å². The van der Waals surface area contributed by atoms with Crippen molar-refractivity contribution in [2.45, 2.75) is 19.4 Å². The summed E-state index contributed by atoms with van der Waals surface area (Å²) in [6.07, 6.45) is 1.53. The molecule has 0 atom stereocenters. The molecule has 0 aliphatic rings. The molecular weight excluding hydrogens is 348 g/mol. The molecule has 0 heterocycles. The Balaban J connectivity index is 2.07. The maximum Gasteiger partial charge on any atom is 0.255 e. The number of benzene rings is 2. The molecule has 0 aliphatic carbocycles. The number of hydrogen-bond acceptors (Lipinski definition) is 6. The monoisotopic (exact) mass is 372 g/mol. The highest BCUT2D eigenvalue weighted by Crippen LogP contribution is 2.30. The van der Waals surface area contributed by atoms with Gasteiger partial charge >= 0.3 is 0 Å². The molecule has 0 aromatic heterocycles. The fourth-order valence-electron chi connectivity index (χ4n) is 2.36. The molecule has 0 fully saturated rings. The molecule has 3 N–H and O–H groups in total. The van der Waals surface area contributed by atoms with Gasteiger partial charge in [0.25, 0.3) is 5.91 Å². The van der Waals surface area contributed by atoms with E-state index < -0.39 is 11.4 Å². The molecule has 2 aromatic rings. The lowest BCUT2D eigenvalue weighted by Crippen LogP contribution is -2.37. The zero-order valence-corrected chi connectivity index (χ0v) is 15.8. The molecule has 0 saturated carbocycles. The minimum Gasteiger partial charge on any atom is -0.504 e. The van der Waals surface area contributed by atoms with Crippen LogP contribution in [0.5, 0.6) is 23.0 Å². The van der Waals surface area contributed by atoms with Crippen LogP contribution in [0.3, 0.4) is 0 Å². The lowest BCUT2D eigenvalue weighted by atomic mass is 10.1. The topological polar surface area (TPSA) is 100 Å². The molecule has 144 valence electrons. The number of carbonyl (C=O) groups excluding carboxylic acids is 1. The van der Waals surface area contributed by atoms with E-state index in [1.54, 1.807) is 30.3 Å². The van der Waals surface area contributed by atoms with E-state index in [1.165, 1.54) is 26.5 Å². The zero-order chi connectivity index (χ0) is 20.0. The number of ether oxygens (including phenoxy) is 2. The van der Waals surface area contributed by atoms with Gasteiger partial charge in [-0.05, 0) is 38.1 Å². The Morgan fingerprint density at radius 1 is 1.07 bits per heavy atom. The van der Waals surface area contributed by atoms with E-state index in [1.807, 2.05) is 13.8 Å². The van der Waals surface area contributed by atoms with Crippen molar-refractivity contribution in [1.82, 2.24) is 5.32 Å². The second-order valence-corrected chi connectivity index (χ2v) is 6.51. The van der Waals surface area contributed by atoms with Gasteiger partial charge in [-0.1, -0.05) is 12.1 Å². The number of rotatable bonds is 7.